The number of aromatic nitrogens is 4. The van der Waals surface area contributed by atoms with Crippen molar-refractivity contribution in [2.24, 2.45) is 5.92 Å². The van der Waals surface area contributed by atoms with Crippen LogP contribution in [0, 0.1) is 24.2 Å². The van der Waals surface area contributed by atoms with Crippen LogP contribution in [0.4, 0.5) is 11.5 Å². The molecular formula is C30H27N7O2. The zero-order valence-corrected chi connectivity index (χ0v) is 21.9. The van der Waals surface area contributed by atoms with Crippen molar-refractivity contribution in [3.63, 3.8) is 0 Å². The van der Waals surface area contributed by atoms with Crippen molar-refractivity contribution in [3.05, 3.63) is 83.9 Å². The molecule has 0 atom stereocenters. The maximum absolute atomic E-state index is 13.0. The highest BCUT2D eigenvalue weighted by atomic mass is 16.2. The van der Waals surface area contributed by atoms with E-state index in [0.29, 0.717) is 39.8 Å². The van der Waals surface area contributed by atoms with Gasteiger partial charge in [0.25, 0.3) is 5.91 Å². The zero-order chi connectivity index (χ0) is 27.6. The Balaban J connectivity index is 1.38. The molecule has 0 spiro atoms. The number of aryl methyl sites for hydroxylation is 1. The van der Waals surface area contributed by atoms with Gasteiger partial charge in [0.2, 0.25) is 5.91 Å². The van der Waals surface area contributed by atoms with E-state index in [9.17, 15) is 14.9 Å². The van der Waals surface area contributed by atoms with Crippen LogP contribution >= 0.6 is 0 Å². The van der Waals surface area contributed by atoms with E-state index in [2.05, 4.69) is 31.7 Å². The first-order valence-corrected chi connectivity index (χ1v) is 12.6. The molecule has 1 fully saturated rings. The van der Waals surface area contributed by atoms with Crippen molar-refractivity contribution in [2.75, 3.05) is 10.6 Å². The monoisotopic (exact) mass is 517 g/mol. The van der Waals surface area contributed by atoms with Crippen LogP contribution in [0.15, 0.2) is 67.1 Å². The average molecular weight is 518 g/mol. The lowest BCUT2D eigenvalue weighted by molar-refractivity contribution is -0.117. The molecule has 0 bridgehead atoms. The second-order valence-corrected chi connectivity index (χ2v) is 10.1. The second kappa shape index (κ2) is 10.4. The summed E-state index contributed by atoms with van der Waals surface area (Å²) in [5, 5.41) is 15.2. The van der Waals surface area contributed by atoms with Gasteiger partial charge in [-0.2, -0.15) is 5.26 Å². The number of amides is 2. The molecule has 4 aromatic rings. The Morgan fingerprint density at radius 2 is 1.74 bits per heavy atom. The number of hydrogen-bond acceptors (Lipinski definition) is 7. The van der Waals surface area contributed by atoms with E-state index in [1.807, 2.05) is 43.3 Å². The van der Waals surface area contributed by atoms with Gasteiger partial charge in [0.05, 0.1) is 34.3 Å². The normalized spacial score (nSPS) is 12.9. The summed E-state index contributed by atoms with van der Waals surface area (Å²) in [5.41, 5.74) is 4.53. The highest BCUT2D eigenvalue weighted by Gasteiger charge is 2.30. The van der Waals surface area contributed by atoms with Gasteiger partial charge in [0.15, 0.2) is 0 Å². The Morgan fingerprint density at radius 1 is 0.949 bits per heavy atom. The van der Waals surface area contributed by atoms with Gasteiger partial charge in [0.1, 0.15) is 12.1 Å². The SMILES string of the molecule is Cc1ccc(NC(=O)c2ccnc(C(C)(C)C#N)c2)cc1-c1cccc(-c2cc(NC(=O)C3CC3)ncn2)n1. The summed E-state index contributed by atoms with van der Waals surface area (Å²) >= 11 is 0. The lowest BCUT2D eigenvalue weighted by Crippen LogP contribution is -2.18. The molecule has 3 heterocycles. The van der Waals surface area contributed by atoms with Gasteiger partial charge in [-0.05, 0) is 75.6 Å². The predicted molar refractivity (Wildman–Crippen MR) is 148 cm³/mol. The lowest BCUT2D eigenvalue weighted by Gasteiger charge is -2.15. The Morgan fingerprint density at radius 3 is 2.51 bits per heavy atom. The minimum atomic E-state index is -0.808. The first-order valence-electron chi connectivity index (χ1n) is 12.6. The number of carbonyl (C=O) groups is 2. The summed E-state index contributed by atoms with van der Waals surface area (Å²) in [6.07, 6.45) is 4.77. The van der Waals surface area contributed by atoms with Crippen LogP contribution in [-0.4, -0.2) is 31.8 Å². The summed E-state index contributed by atoms with van der Waals surface area (Å²) in [6, 6.07) is 18.5. The quantitative estimate of drug-likeness (QED) is 0.339. The van der Waals surface area contributed by atoms with E-state index >= 15 is 0 Å². The zero-order valence-electron chi connectivity index (χ0n) is 21.9. The number of carbonyl (C=O) groups excluding carboxylic acids is 2. The molecule has 5 rings (SSSR count). The molecule has 1 saturated carbocycles. The minimum absolute atomic E-state index is 0.0207. The van der Waals surface area contributed by atoms with E-state index in [1.165, 1.54) is 12.5 Å². The molecule has 9 heteroatoms. The van der Waals surface area contributed by atoms with E-state index < -0.39 is 5.41 Å². The summed E-state index contributed by atoms with van der Waals surface area (Å²) in [4.78, 5) is 42.8. The molecule has 39 heavy (non-hydrogen) atoms. The third-order valence-electron chi connectivity index (χ3n) is 6.59. The molecule has 2 N–H and O–H groups in total. The van der Waals surface area contributed by atoms with Crippen LogP contribution in [0.25, 0.3) is 22.6 Å². The first kappa shape index (κ1) is 25.7. The van der Waals surface area contributed by atoms with Gasteiger partial charge in [-0.15, -0.1) is 0 Å². The van der Waals surface area contributed by atoms with E-state index in [4.69, 9.17) is 4.98 Å². The Labute approximate surface area is 226 Å². The van der Waals surface area contributed by atoms with Crippen molar-refractivity contribution in [3.8, 4) is 28.7 Å². The number of nitriles is 1. The minimum Gasteiger partial charge on any atom is -0.322 e. The van der Waals surface area contributed by atoms with Gasteiger partial charge < -0.3 is 10.6 Å². The molecule has 1 aromatic carbocycles. The van der Waals surface area contributed by atoms with Gasteiger partial charge in [0, 0.05) is 35.0 Å². The fraction of sp³-hybridized carbons (Fsp3) is 0.233. The number of hydrogen-bond donors (Lipinski definition) is 2. The summed E-state index contributed by atoms with van der Waals surface area (Å²) in [7, 11) is 0. The maximum Gasteiger partial charge on any atom is 0.255 e. The van der Waals surface area contributed by atoms with Crippen LogP contribution in [-0.2, 0) is 10.2 Å². The Hall–Kier alpha value is -4.97. The fourth-order valence-corrected chi connectivity index (χ4v) is 4.02. The van der Waals surface area contributed by atoms with Crippen molar-refractivity contribution in [1.29, 1.82) is 5.26 Å². The molecule has 2 amide bonds. The summed E-state index contributed by atoms with van der Waals surface area (Å²) < 4.78 is 0. The molecule has 1 aliphatic carbocycles. The topological polar surface area (TPSA) is 134 Å². The number of nitrogens with one attached hydrogen (secondary N) is 2. The first-order chi connectivity index (χ1) is 18.7. The second-order valence-electron chi connectivity index (χ2n) is 10.1. The molecule has 0 radical (unpaired) electrons. The molecule has 1 aliphatic rings. The van der Waals surface area contributed by atoms with Crippen LogP contribution in [0.1, 0.15) is 48.3 Å². The van der Waals surface area contributed by atoms with Crippen molar-refractivity contribution in [1.82, 2.24) is 19.9 Å². The van der Waals surface area contributed by atoms with Crippen molar-refractivity contribution >= 4 is 23.3 Å². The molecule has 0 unspecified atom stereocenters. The van der Waals surface area contributed by atoms with Gasteiger partial charge in [-0.1, -0.05) is 12.1 Å². The lowest BCUT2D eigenvalue weighted by atomic mass is 9.90. The standard InChI is InChI=1S/C30H27N7O2/c1-18-7-10-21(35-29(39)20-11-12-32-26(13-20)30(2,3)16-31)14-22(18)23-5-4-6-24(36-23)25-15-27(34-17-33-25)37-28(38)19-8-9-19/h4-7,10-15,17,19H,8-9H2,1-3H3,(H,35,39)(H,33,34,37,38). The maximum atomic E-state index is 13.0. The van der Waals surface area contributed by atoms with Gasteiger partial charge >= 0.3 is 0 Å². The summed E-state index contributed by atoms with van der Waals surface area (Å²) in [6.45, 7) is 5.50. The number of pyridine rings is 2. The number of nitrogens with zero attached hydrogens (tertiary/aromatic N) is 5. The van der Waals surface area contributed by atoms with E-state index in [0.717, 1.165) is 24.0 Å². The predicted octanol–water partition coefficient (Wildman–Crippen LogP) is 5.31. The van der Waals surface area contributed by atoms with Gasteiger partial charge in [-0.3, -0.25) is 14.6 Å². The van der Waals surface area contributed by atoms with E-state index in [1.54, 1.807) is 32.0 Å². The Bertz CT molecular complexity index is 1620. The molecular weight excluding hydrogens is 490 g/mol. The van der Waals surface area contributed by atoms with Crippen LogP contribution < -0.4 is 10.6 Å². The molecule has 194 valence electrons. The van der Waals surface area contributed by atoms with Crippen LogP contribution in [0.5, 0.6) is 0 Å². The number of benzene rings is 1. The highest BCUT2D eigenvalue weighted by Crippen LogP contribution is 2.31. The average Bonchev–Trinajstić information content (AvgIpc) is 3.80. The number of rotatable bonds is 7. The van der Waals surface area contributed by atoms with Crippen molar-refractivity contribution < 1.29 is 9.59 Å². The molecule has 0 aliphatic heterocycles. The Kier molecular flexibility index (Phi) is 6.86. The van der Waals surface area contributed by atoms with Gasteiger partial charge in [-0.25, -0.2) is 15.0 Å². The molecule has 0 saturated heterocycles. The molecule has 3 aromatic heterocycles. The molecule has 9 nitrogen and oxygen atoms in total. The third-order valence-corrected chi connectivity index (χ3v) is 6.59. The number of anilines is 2. The smallest absolute Gasteiger partial charge is 0.255 e. The van der Waals surface area contributed by atoms with E-state index in [-0.39, 0.29) is 17.7 Å². The largest absolute Gasteiger partial charge is 0.322 e. The van der Waals surface area contributed by atoms with Crippen molar-refractivity contribution in [2.45, 2.75) is 39.0 Å². The van der Waals surface area contributed by atoms with Crippen LogP contribution in [0.2, 0.25) is 0 Å². The third kappa shape index (κ3) is 5.80. The summed E-state index contributed by atoms with van der Waals surface area (Å²) in [5.74, 6) is 0.200. The van der Waals surface area contributed by atoms with Crippen LogP contribution in [0.3, 0.4) is 0 Å². The highest BCUT2D eigenvalue weighted by molar-refractivity contribution is 6.04. The fourth-order valence-electron chi connectivity index (χ4n) is 4.02.